The van der Waals surface area contributed by atoms with Crippen molar-refractivity contribution in [3.05, 3.63) is 54.4 Å². The Hall–Kier alpha value is -2.78. The summed E-state index contributed by atoms with van der Waals surface area (Å²) < 4.78 is 29.8. The largest absolute Gasteiger partial charge is 0.296 e. The number of aromatic nitrogens is 3. The monoisotopic (exact) mass is 399 g/mol. The second-order valence-corrected chi connectivity index (χ2v) is 8.62. The molecule has 28 heavy (non-hydrogen) atoms. The number of anilines is 1. The number of piperidine rings is 1. The van der Waals surface area contributed by atoms with Crippen molar-refractivity contribution in [2.24, 2.45) is 7.05 Å². The first kappa shape index (κ1) is 18.6. The number of pyridine rings is 1. The normalized spacial score (nSPS) is 18.0. The molecule has 1 aromatic carbocycles. The summed E-state index contributed by atoms with van der Waals surface area (Å²) in [5, 5.41) is 4.97. The number of hydrogen-bond acceptors (Lipinski definition) is 5. The van der Waals surface area contributed by atoms with Crippen LogP contribution in [0, 0.1) is 0 Å². The van der Waals surface area contributed by atoms with Gasteiger partial charge >= 0.3 is 0 Å². The van der Waals surface area contributed by atoms with Gasteiger partial charge in [-0.3, -0.25) is 19.4 Å². The van der Waals surface area contributed by atoms with E-state index in [0.29, 0.717) is 36.3 Å². The van der Waals surface area contributed by atoms with Gasteiger partial charge in [0.15, 0.2) is 0 Å². The maximum Gasteiger partial charge on any atom is 0.246 e. The van der Waals surface area contributed by atoms with E-state index < -0.39 is 16.1 Å². The highest BCUT2D eigenvalue weighted by atomic mass is 32.2. The number of carbonyl (C=O) groups excluding carboxylic acids is 1. The van der Waals surface area contributed by atoms with E-state index in [9.17, 15) is 13.2 Å². The van der Waals surface area contributed by atoms with Crippen LogP contribution in [0.5, 0.6) is 0 Å². The molecule has 9 heteroatoms. The predicted octanol–water partition coefficient (Wildman–Crippen LogP) is 1.58. The van der Waals surface area contributed by atoms with Crippen molar-refractivity contribution in [2.45, 2.75) is 24.6 Å². The van der Waals surface area contributed by atoms with Crippen molar-refractivity contribution >= 4 is 32.7 Å². The zero-order chi connectivity index (χ0) is 19.7. The van der Waals surface area contributed by atoms with E-state index in [1.165, 1.54) is 0 Å². The molecule has 1 aliphatic rings. The molecule has 146 valence electrons. The molecule has 0 bridgehead atoms. The Morgan fingerprint density at radius 1 is 1.18 bits per heavy atom. The highest BCUT2D eigenvalue weighted by Gasteiger charge is 2.33. The fraction of sp³-hybridized carbons (Fsp3) is 0.316. The van der Waals surface area contributed by atoms with Gasteiger partial charge in [0.2, 0.25) is 15.9 Å². The number of para-hydroxylation sites is 1. The van der Waals surface area contributed by atoms with E-state index >= 15 is 0 Å². The number of nitrogens with one attached hydrogen (secondary N) is 1. The van der Waals surface area contributed by atoms with E-state index in [-0.39, 0.29) is 11.7 Å². The van der Waals surface area contributed by atoms with Crippen LogP contribution in [0.15, 0.2) is 48.8 Å². The van der Waals surface area contributed by atoms with Gasteiger partial charge in [-0.15, -0.1) is 0 Å². The lowest BCUT2D eigenvalue weighted by Crippen LogP contribution is -2.53. The molecule has 2 aromatic heterocycles. The molecule has 4 rings (SSSR count). The molecule has 0 aliphatic carbocycles. The first-order valence-corrected chi connectivity index (χ1v) is 10.7. The fourth-order valence-corrected chi connectivity index (χ4v) is 4.97. The summed E-state index contributed by atoms with van der Waals surface area (Å²) in [6.07, 6.45) is 4.44. The van der Waals surface area contributed by atoms with E-state index in [4.69, 9.17) is 0 Å². The van der Waals surface area contributed by atoms with Gasteiger partial charge in [-0.2, -0.15) is 5.10 Å². The second kappa shape index (κ2) is 7.33. The Balaban J connectivity index is 1.54. The molecule has 1 atom stereocenters. The van der Waals surface area contributed by atoms with Crippen LogP contribution >= 0.6 is 0 Å². The summed E-state index contributed by atoms with van der Waals surface area (Å²) in [6, 6.07) is 10.1. The molecule has 0 spiro atoms. The Morgan fingerprint density at radius 2 is 2.00 bits per heavy atom. The third-order valence-corrected chi connectivity index (χ3v) is 6.23. The Labute approximate surface area is 163 Å². The number of carbonyl (C=O) groups is 1. The minimum Gasteiger partial charge on any atom is -0.296 e. The molecular weight excluding hydrogens is 378 g/mol. The SMILES string of the molecule is Cn1nccc1N1CCCC(NS(=O)(=O)Cc2cccc3cccnc23)C1=O. The number of amides is 1. The van der Waals surface area contributed by atoms with Gasteiger partial charge in [0.05, 0.1) is 17.5 Å². The Bertz CT molecular complexity index is 1120. The molecule has 1 N–H and O–H groups in total. The predicted molar refractivity (Wildman–Crippen MR) is 106 cm³/mol. The molecule has 3 heterocycles. The van der Waals surface area contributed by atoms with Crippen LogP contribution in [0.2, 0.25) is 0 Å². The average molecular weight is 399 g/mol. The molecule has 1 amide bonds. The van der Waals surface area contributed by atoms with E-state index in [2.05, 4.69) is 14.8 Å². The number of aryl methyl sites for hydroxylation is 1. The summed E-state index contributed by atoms with van der Waals surface area (Å²) in [4.78, 5) is 18.8. The van der Waals surface area contributed by atoms with Crippen molar-refractivity contribution in [2.75, 3.05) is 11.4 Å². The van der Waals surface area contributed by atoms with Crippen LogP contribution in [0.25, 0.3) is 10.9 Å². The first-order chi connectivity index (χ1) is 13.4. The first-order valence-electron chi connectivity index (χ1n) is 9.07. The summed E-state index contributed by atoms with van der Waals surface area (Å²) in [7, 11) is -1.97. The fourth-order valence-electron chi connectivity index (χ4n) is 3.59. The molecular formula is C19H21N5O3S. The van der Waals surface area contributed by atoms with Crippen molar-refractivity contribution in [3.8, 4) is 0 Å². The van der Waals surface area contributed by atoms with Crippen LogP contribution in [0.4, 0.5) is 5.82 Å². The molecule has 0 saturated carbocycles. The Morgan fingerprint density at radius 3 is 2.79 bits per heavy atom. The summed E-state index contributed by atoms with van der Waals surface area (Å²) in [5.41, 5.74) is 1.26. The summed E-state index contributed by atoms with van der Waals surface area (Å²) in [6.45, 7) is 0.545. The van der Waals surface area contributed by atoms with Gasteiger partial charge in [0.1, 0.15) is 11.9 Å². The van der Waals surface area contributed by atoms with Gasteiger partial charge in [-0.1, -0.05) is 24.3 Å². The topological polar surface area (TPSA) is 97.2 Å². The number of sulfonamides is 1. The molecule has 8 nitrogen and oxygen atoms in total. The maximum atomic E-state index is 12.9. The lowest BCUT2D eigenvalue weighted by atomic mass is 10.1. The smallest absolute Gasteiger partial charge is 0.246 e. The second-order valence-electron chi connectivity index (χ2n) is 6.87. The van der Waals surface area contributed by atoms with Gasteiger partial charge in [-0.05, 0) is 24.5 Å². The third-order valence-electron chi connectivity index (χ3n) is 4.89. The highest BCUT2D eigenvalue weighted by molar-refractivity contribution is 7.88. The number of rotatable bonds is 5. The lowest BCUT2D eigenvalue weighted by molar-refractivity contribution is -0.121. The highest BCUT2D eigenvalue weighted by Crippen LogP contribution is 2.22. The standard InChI is InChI=1S/C19H21N5O3S/c1-23-17(9-11-21-23)24-12-4-8-16(19(24)25)22-28(26,27)13-15-6-2-5-14-7-3-10-20-18(14)15/h2-3,5-7,9-11,16,22H,4,8,12-13H2,1H3. The van der Waals surface area contributed by atoms with Gasteiger partial charge in [-0.25, -0.2) is 13.1 Å². The minimum absolute atomic E-state index is 0.225. The van der Waals surface area contributed by atoms with E-state index in [1.54, 1.807) is 41.2 Å². The van der Waals surface area contributed by atoms with Crippen LogP contribution in [0.1, 0.15) is 18.4 Å². The summed E-state index contributed by atoms with van der Waals surface area (Å²) in [5.74, 6) is 0.179. The Kier molecular flexibility index (Phi) is 4.86. The average Bonchev–Trinajstić information content (AvgIpc) is 3.09. The van der Waals surface area contributed by atoms with Crippen molar-refractivity contribution in [1.82, 2.24) is 19.5 Å². The number of hydrogen-bond donors (Lipinski definition) is 1. The number of nitrogens with zero attached hydrogens (tertiary/aromatic N) is 4. The van der Waals surface area contributed by atoms with Crippen molar-refractivity contribution in [3.63, 3.8) is 0 Å². The van der Waals surface area contributed by atoms with Gasteiger partial charge in [0, 0.05) is 31.2 Å². The third kappa shape index (κ3) is 3.63. The quantitative estimate of drug-likeness (QED) is 0.703. The van der Waals surface area contributed by atoms with Crippen LogP contribution in [-0.2, 0) is 27.6 Å². The number of fused-ring (bicyclic) bond motifs is 1. The van der Waals surface area contributed by atoms with Crippen LogP contribution in [0.3, 0.4) is 0 Å². The van der Waals surface area contributed by atoms with Crippen LogP contribution < -0.4 is 9.62 Å². The van der Waals surface area contributed by atoms with Gasteiger partial charge < -0.3 is 0 Å². The molecule has 1 unspecified atom stereocenters. The van der Waals surface area contributed by atoms with E-state index in [1.807, 2.05) is 24.3 Å². The zero-order valence-electron chi connectivity index (χ0n) is 15.4. The molecule has 1 saturated heterocycles. The van der Waals surface area contributed by atoms with Gasteiger partial charge in [0.25, 0.3) is 0 Å². The van der Waals surface area contributed by atoms with E-state index in [0.717, 1.165) is 5.39 Å². The summed E-state index contributed by atoms with van der Waals surface area (Å²) >= 11 is 0. The van der Waals surface area contributed by atoms with Crippen molar-refractivity contribution in [1.29, 1.82) is 0 Å². The lowest BCUT2D eigenvalue weighted by Gasteiger charge is -2.32. The number of benzene rings is 1. The molecule has 3 aromatic rings. The maximum absolute atomic E-state index is 12.9. The van der Waals surface area contributed by atoms with Crippen molar-refractivity contribution < 1.29 is 13.2 Å². The molecule has 0 radical (unpaired) electrons. The minimum atomic E-state index is -3.72. The zero-order valence-corrected chi connectivity index (χ0v) is 16.3. The molecule has 1 aliphatic heterocycles. The van der Waals surface area contributed by atoms with Crippen LogP contribution in [-0.4, -0.2) is 41.7 Å². The molecule has 1 fully saturated rings.